The molecular weight excluding hydrogens is 236 g/mol. The van der Waals surface area contributed by atoms with Crippen molar-refractivity contribution in [3.63, 3.8) is 0 Å². The molecule has 88 valence electrons. The summed E-state index contributed by atoms with van der Waals surface area (Å²) in [5.41, 5.74) is 0.275. The Hall–Kier alpha value is -1.40. The van der Waals surface area contributed by atoms with E-state index in [0.717, 1.165) is 18.4 Å². The molecule has 0 amide bonds. The van der Waals surface area contributed by atoms with Crippen molar-refractivity contribution in [2.45, 2.75) is 37.6 Å². The molecule has 0 bridgehead atoms. The lowest BCUT2D eigenvalue weighted by molar-refractivity contribution is -0.127. The van der Waals surface area contributed by atoms with Gasteiger partial charge < -0.3 is 0 Å². The summed E-state index contributed by atoms with van der Waals surface area (Å²) in [5, 5.41) is 9.67. The molecule has 0 aromatic heterocycles. The van der Waals surface area contributed by atoms with Crippen molar-refractivity contribution in [3.8, 4) is 0 Å². The second-order valence-corrected chi connectivity index (χ2v) is 4.86. The van der Waals surface area contributed by atoms with Crippen LogP contribution in [0, 0.1) is 5.39 Å². The molecule has 0 N–H and O–H groups in total. The van der Waals surface area contributed by atoms with Gasteiger partial charge in [0.05, 0.1) is 0 Å². The van der Waals surface area contributed by atoms with Crippen LogP contribution in [0.3, 0.4) is 0 Å². The van der Waals surface area contributed by atoms with Crippen LogP contribution in [0.1, 0.15) is 31.7 Å². The first kappa shape index (κ1) is 12.1. The number of rotatable bonds is 3. The van der Waals surface area contributed by atoms with Gasteiger partial charge in [0, 0.05) is 17.9 Å². The molecule has 1 aliphatic carbocycles. The van der Waals surface area contributed by atoms with E-state index in [9.17, 15) is 4.79 Å². The molecule has 0 aliphatic heterocycles. The van der Waals surface area contributed by atoms with Gasteiger partial charge in [-0.15, -0.1) is 0 Å². The quantitative estimate of drug-likeness (QED) is 0.769. The highest BCUT2D eigenvalue weighted by Crippen LogP contribution is 2.47. The van der Waals surface area contributed by atoms with Crippen molar-refractivity contribution in [1.82, 2.24) is 0 Å². The first-order valence-electron chi connectivity index (χ1n) is 5.78. The van der Waals surface area contributed by atoms with Crippen molar-refractivity contribution in [3.05, 3.63) is 39.8 Å². The predicted molar refractivity (Wildman–Crippen MR) is 66.5 cm³/mol. The second-order valence-electron chi connectivity index (χ2n) is 4.42. The number of hydrogen-bond acceptors (Lipinski definition) is 2. The van der Waals surface area contributed by atoms with Gasteiger partial charge in [-0.3, -0.25) is 4.79 Å². The molecule has 1 fully saturated rings. The molecule has 0 heterocycles. The minimum Gasteiger partial charge on any atom is -0.298 e. The first-order chi connectivity index (χ1) is 8.15. The maximum absolute atomic E-state index is 12.2. The molecular formula is C13H14ClN2O+. The third-order valence-corrected chi connectivity index (χ3v) is 3.95. The molecule has 0 spiro atoms. The molecule has 1 aromatic carbocycles. The Bertz CT molecular complexity index is 477. The van der Waals surface area contributed by atoms with E-state index in [1.807, 2.05) is 19.1 Å². The van der Waals surface area contributed by atoms with Crippen LogP contribution >= 0.6 is 11.6 Å². The standard InChI is InChI=1S/C13H14ClN2O/c1-2-12(17)13(8-7-11(13)16-15)9-3-5-10(14)6-4-9/h3-6,11H,2,7-8H2,1H3/q+1. The summed E-state index contributed by atoms with van der Waals surface area (Å²) in [6.07, 6.45) is 1.95. The fourth-order valence-electron chi connectivity index (χ4n) is 2.60. The first-order valence-corrected chi connectivity index (χ1v) is 6.16. The number of benzene rings is 1. The van der Waals surface area contributed by atoms with Crippen LogP contribution < -0.4 is 0 Å². The summed E-state index contributed by atoms with van der Waals surface area (Å²) in [4.78, 5) is 15.5. The summed E-state index contributed by atoms with van der Waals surface area (Å²) in [7, 11) is 0. The molecule has 0 radical (unpaired) electrons. The Balaban J connectivity index is 2.45. The predicted octanol–water partition coefficient (Wildman–Crippen LogP) is 3.57. The van der Waals surface area contributed by atoms with Gasteiger partial charge in [0.2, 0.25) is 5.39 Å². The third kappa shape index (κ3) is 1.73. The lowest BCUT2D eigenvalue weighted by atomic mass is 9.58. The molecule has 17 heavy (non-hydrogen) atoms. The number of nitrogens with zero attached hydrogens (tertiary/aromatic N) is 2. The highest BCUT2D eigenvalue weighted by atomic mass is 35.5. The summed E-state index contributed by atoms with van der Waals surface area (Å²) >= 11 is 5.85. The van der Waals surface area contributed by atoms with Gasteiger partial charge in [-0.05, 0) is 24.1 Å². The molecule has 0 saturated heterocycles. The van der Waals surface area contributed by atoms with E-state index >= 15 is 0 Å². The number of diazo groups is 1. The van der Waals surface area contributed by atoms with Crippen LogP contribution in [0.5, 0.6) is 0 Å². The Labute approximate surface area is 105 Å². The summed E-state index contributed by atoms with van der Waals surface area (Å²) in [6.45, 7) is 1.84. The van der Waals surface area contributed by atoms with Gasteiger partial charge >= 0.3 is 6.04 Å². The van der Waals surface area contributed by atoms with E-state index in [1.54, 1.807) is 12.1 Å². The number of Topliss-reactive ketones (excluding diaryl/α,β-unsaturated/α-hetero) is 1. The van der Waals surface area contributed by atoms with Gasteiger partial charge in [0.15, 0.2) is 5.78 Å². The number of ketones is 1. The van der Waals surface area contributed by atoms with Crippen LogP contribution in [0.2, 0.25) is 5.02 Å². The average Bonchev–Trinajstić information content (AvgIpc) is 2.31. The molecule has 1 aliphatic rings. The molecule has 2 rings (SSSR count). The fraction of sp³-hybridized carbons (Fsp3) is 0.462. The van der Waals surface area contributed by atoms with E-state index in [0.29, 0.717) is 11.4 Å². The zero-order chi connectivity index (χ0) is 12.5. The largest absolute Gasteiger partial charge is 0.330 e. The van der Waals surface area contributed by atoms with E-state index in [1.165, 1.54) is 0 Å². The summed E-state index contributed by atoms with van der Waals surface area (Å²) in [5.74, 6) is 0.133. The van der Waals surface area contributed by atoms with Crippen molar-refractivity contribution >= 4 is 17.4 Å². The van der Waals surface area contributed by atoms with Gasteiger partial charge in [0.1, 0.15) is 10.4 Å². The molecule has 1 saturated carbocycles. The number of carbonyl (C=O) groups is 1. The fourth-order valence-corrected chi connectivity index (χ4v) is 2.73. The molecule has 2 atom stereocenters. The normalized spacial score (nSPS) is 27.0. The molecule has 2 unspecified atom stereocenters. The highest BCUT2D eigenvalue weighted by Gasteiger charge is 2.61. The van der Waals surface area contributed by atoms with E-state index in [4.69, 9.17) is 17.0 Å². The minimum atomic E-state index is -0.631. The van der Waals surface area contributed by atoms with Crippen molar-refractivity contribution in [2.24, 2.45) is 0 Å². The zero-order valence-corrected chi connectivity index (χ0v) is 10.4. The summed E-state index contributed by atoms with van der Waals surface area (Å²) < 4.78 is 0. The minimum absolute atomic E-state index is 0.133. The maximum Gasteiger partial charge on any atom is 0.330 e. The topological polar surface area (TPSA) is 45.2 Å². The third-order valence-electron chi connectivity index (χ3n) is 3.70. The molecule has 4 heteroatoms. The highest BCUT2D eigenvalue weighted by molar-refractivity contribution is 6.30. The van der Waals surface area contributed by atoms with Crippen molar-refractivity contribution in [1.29, 1.82) is 5.39 Å². The Kier molecular flexibility index (Phi) is 3.17. The SMILES string of the molecule is CCC(=O)C1(c2ccc(Cl)cc2)CCC1[N+]#N. The van der Waals surface area contributed by atoms with Gasteiger partial charge in [-0.1, -0.05) is 30.7 Å². The molecule has 1 aromatic rings. The van der Waals surface area contributed by atoms with E-state index in [-0.39, 0.29) is 11.8 Å². The van der Waals surface area contributed by atoms with Crippen LogP contribution in [0.4, 0.5) is 0 Å². The van der Waals surface area contributed by atoms with Crippen LogP contribution in [-0.2, 0) is 10.2 Å². The smallest absolute Gasteiger partial charge is 0.298 e. The maximum atomic E-state index is 12.2. The summed E-state index contributed by atoms with van der Waals surface area (Å²) in [6, 6.07) is 6.94. The van der Waals surface area contributed by atoms with Gasteiger partial charge in [-0.2, -0.15) is 0 Å². The Morgan fingerprint density at radius 1 is 1.53 bits per heavy atom. The van der Waals surface area contributed by atoms with E-state index < -0.39 is 5.41 Å². The zero-order valence-electron chi connectivity index (χ0n) is 9.69. The molecule has 3 nitrogen and oxygen atoms in total. The lowest BCUT2D eigenvalue weighted by Crippen LogP contribution is -2.52. The van der Waals surface area contributed by atoms with Gasteiger partial charge in [-0.25, -0.2) is 0 Å². The Morgan fingerprint density at radius 3 is 2.59 bits per heavy atom. The number of hydrogen-bond donors (Lipinski definition) is 0. The number of halogens is 1. The number of carbonyl (C=O) groups excluding carboxylic acids is 1. The van der Waals surface area contributed by atoms with Crippen LogP contribution in [-0.4, -0.2) is 11.8 Å². The van der Waals surface area contributed by atoms with Crippen LogP contribution in [0.25, 0.3) is 4.98 Å². The Morgan fingerprint density at radius 2 is 2.18 bits per heavy atom. The van der Waals surface area contributed by atoms with Crippen LogP contribution in [0.15, 0.2) is 24.3 Å². The second kappa shape index (κ2) is 4.46. The van der Waals surface area contributed by atoms with Crippen molar-refractivity contribution < 1.29 is 4.79 Å². The monoisotopic (exact) mass is 249 g/mol. The van der Waals surface area contributed by atoms with E-state index in [2.05, 4.69) is 4.98 Å². The van der Waals surface area contributed by atoms with Crippen molar-refractivity contribution in [2.75, 3.05) is 0 Å². The average molecular weight is 250 g/mol. The lowest BCUT2D eigenvalue weighted by Gasteiger charge is -2.37. The van der Waals surface area contributed by atoms with Gasteiger partial charge in [0.25, 0.3) is 0 Å².